The summed E-state index contributed by atoms with van der Waals surface area (Å²) < 4.78 is 0. The molecule has 1 fully saturated rings. The minimum absolute atomic E-state index is 0.117. The van der Waals surface area contributed by atoms with Crippen LogP contribution in [0, 0.1) is 0 Å². The van der Waals surface area contributed by atoms with Gasteiger partial charge >= 0.3 is 0 Å². The normalized spacial score (nSPS) is 28.3. The molecule has 1 aromatic carbocycles. The Hall–Kier alpha value is -1.00. The lowest BCUT2D eigenvalue weighted by molar-refractivity contribution is -0.134. The summed E-state index contributed by atoms with van der Waals surface area (Å²) in [5.41, 5.74) is 8.53. The van der Waals surface area contributed by atoms with Crippen molar-refractivity contribution in [2.24, 2.45) is 5.73 Å². The first-order chi connectivity index (χ1) is 8.27. The maximum atomic E-state index is 12.2. The van der Waals surface area contributed by atoms with E-state index in [4.69, 9.17) is 5.73 Å². The maximum Gasteiger partial charge on any atom is 0.240 e. The van der Waals surface area contributed by atoms with Gasteiger partial charge in [0.25, 0.3) is 0 Å². The zero-order valence-corrected chi connectivity index (χ0v) is 10.5. The van der Waals surface area contributed by atoms with E-state index in [1.807, 2.05) is 22.7 Å². The third kappa shape index (κ3) is 1.85. The SMILES string of the molecule is NC1Cc2ccccc2C2CSCCN2C1=O. The molecular weight excluding hydrogens is 232 g/mol. The Labute approximate surface area is 105 Å². The second-order valence-electron chi connectivity index (χ2n) is 4.63. The number of carbonyl (C=O) groups is 1. The molecular formula is C13H16N2OS. The monoisotopic (exact) mass is 248 g/mol. The molecule has 0 bridgehead atoms. The molecule has 3 rings (SSSR count). The molecule has 3 nitrogen and oxygen atoms in total. The molecule has 17 heavy (non-hydrogen) atoms. The predicted molar refractivity (Wildman–Crippen MR) is 69.9 cm³/mol. The minimum Gasteiger partial charge on any atom is -0.333 e. The molecule has 0 spiro atoms. The molecule has 2 N–H and O–H groups in total. The van der Waals surface area contributed by atoms with Crippen molar-refractivity contribution < 1.29 is 4.79 Å². The lowest BCUT2D eigenvalue weighted by Crippen LogP contribution is -2.47. The number of carbonyl (C=O) groups excluding carboxylic acids is 1. The van der Waals surface area contributed by atoms with Crippen LogP contribution in [0.15, 0.2) is 24.3 Å². The van der Waals surface area contributed by atoms with Crippen molar-refractivity contribution in [2.45, 2.75) is 18.5 Å². The van der Waals surface area contributed by atoms with E-state index in [-0.39, 0.29) is 18.0 Å². The van der Waals surface area contributed by atoms with E-state index in [2.05, 4.69) is 18.2 Å². The highest BCUT2D eigenvalue weighted by Crippen LogP contribution is 2.34. The first-order valence-corrected chi connectivity index (χ1v) is 7.14. The van der Waals surface area contributed by atoms with E-state index in [1.165, 1.54) is 11.1 Å². The third-order valence-corrected chi connectivity index (χ3v) is 4.61. The van der Waals surface area contributed by atoms with Crippen molar-refractivity contribution in [3.63, 3.8) is 0 Å². The summed E-state index contributed by atoms with van der Waals surface area (Å²) in [6.45, 7) is 0.830. The Morgan fingerprint density at radius 2 is 2.18 bits per heavy atom. The van der Waals surface area contributed by atoms with Gasteiger partial charge in [0, 0.05) is 18.1 Å². The number of thioether (sulfide) groups is 1. The summed E-state index contributed by atoms with van der Waals surface area (Å²) in [7, 11) is 0. The minimum atomic E-state index is -0.371. The summed E-state index contributed by atoms with van der Waals surface area (Å²) in [6.07, 6.45) is 0.673. The number of rotatable bonds is 0. The number of nitrogens with zero attached hydrogens (tertiary/aromatic N) is 1. The lowest BCUT2D eigenvalue weighted by atomic mass is 9.98. The van der Waals surface area contributed by atoms with Crippen LogP contribution in [0.3, 0.4) is 0 Å². The van der Waals surface area contributed by atoms with E-state index < -0.39 is 0 Å². The smallest absolute Gasteiger partial charge is 0.240 e. The highest BCUT2D eigenvalue weighted by atomic mass is 32.2. The van der Waals surface area contributed by atoms with E-state index in [0.29, 0.717) is 6.42 Å². The number of nitrogens with two attached hydrogens (primary N) is 1. The number of amides is 1. The summed E-state index contributed by atoms with van der Waals surface area (Å²) in [5.74, 6) is 2.14. The quantitative estimate of drug-likeness (QED) is 0.750. The van der Waals surface area contributed by atoms with Gasteiger partial charge < -0.3 is 10.6 Å². The maximum absolute atomic E-state index is 12.2. The van der Waals surface area contributed by atoms with Gasteiger partial charge in [-0.1, -0.05) is 24.3 Å². The number of hydrogen-bond acceptors (Lipinski definition) is 3. The highest BCUT2D eigenvalue weighted by Gasteiger charge is 2.35. The largest absolute Gasteiger partial charge is 0.333 e. The van der Waals surface area contributed by atoms with Gasteiger partial charge in [0.2, 0.25) is 5.91 Å². The first kappa shape index (κ1) is 11.1. The Morgan fingerprint density at radius 3 is 3.06 bits per heavy atom. The molecule has 0 saturated carbocycles. The standard InChI is InChI=1S/C13H16N2OS/c14-11-7-9-3-1-2-4-10(9)12-8-17-6-5-15(12)13(11)16/h1-4,11-12H,5-8,14H2. The Balaban J connectivity index is 2.07. The first-order valence-electron chi connectivity index (χ1n) is 5.99. The molecule has 2 heterocycles. The molecule has 2 aliphatic rings. The Kier molecular flexibility index (Phi) is 2.84. The van der Waals surface area contributed by atoms with Crippen molar-refractivity contribution in [3.8, 4) is 0 Å². The van der Waals surface area contributed by atoms with E-state index >= 15 is 0 Å². The second kappa shape index (κ2) is 4.35. The molecule has 1 saturated heterocycles. The fourth-order valence-electron chi connectivity index (χ4n) is 2.71. The van der Waals surface area contributed by atoms with Gasteiger partial charge in [-0.15, -0.1) is 0 Å². The summed E-state index contributed by atoms with van der Waals surface area (Å²) in [4.78, 5) is 14.2. The van der Waals surface area contributed by atoms with Crippen LogP contribution >= 0.6 is 11.8 Å². The van der Waals surface area contributed by atoms with Crippen LogP contribution in [-0.2, 0) is 11.2 Å². The van der Waals surface area contributed by atoms with Crippen LogP contribution in [0.4, 0.5) is 0 Å². The number of fused-ring (bicyclic) bond motifs is 3. The molecule has 0 radical (unpaired) electrons. The van der Waals surface area contributed by atoms with E-state index in [0.717, 1.165) is 18.1 Å². The lowest BCUT2D eigenvalue weighted by Gasteiger charge is -2.35. The zero-order valence-electron chi connectivity index (χ0n) is 9.63. The van der Waals surface area contributed by atoms with Crippen LogP contribution < -0.4 is 5.73 Å². The van der Waals surface area contributed by atoms with Gasteiger partial charge in [0.1, 0.15) is 0 Å². The van der Waals surface area contributed by atoms with Gasteiger partial charge in [-0.3, -0.25) is 4.79 Å². The van der Waals surface area contributed by atoms with Crippen molar-refractivity contribution >= 4 is 17.7 Å². The van der Waals surface area contributed by atoms with Gasteiger partial charge in [0.15, 0.2) is 0 Å². The van der Waals surface area contributed by atoms with Crippen LogP contribution in [0.2, 0.25) is 0 Å². The zero-order chi connectivity index (χ0) is 11.8. The van der Waals surface area contributed by atoms with Gasteiger partial charge in [-0.2, -0.15) is 11.8 Å². The molecule has 0 aliphatic carbocycles. The molecule has 2 atom stereocenters. The molecule has 0 aromatic heterocycles. The molecule has 4 heteroatoms. The van der Waals surface area contributed by atoms with Crippen LogP contribution in [0.25, 0.3) is 0 Å². The third-order valence-electron chi connectivity index (χ3n) is 3.58. The Morgan fingerprint density at radius 1 is 1.35 bits per heavy atom. The Bertz CT molecular complexity index is 449. The average molecular weight is 248 g/mol. The molecule has 2 unspecified atom stereocenters. The number of hydrogen-bond donors (Lipinski definition) is 1. The topological polar surface area (TPSA) is 46.3 Å². The van der Waals surface area contributed by atoms with Crippen molar-refractivity contribution in [1.82, 2.24) is 4.90 Å². The van der Waals surface area contributed by atoms with Crippen molar-refractivity contribution in [1.29, 1.82) is 0 Å². The van der Waals surface area contributed by atoms with Gasteiger partial charge in [-0.25, -0.2) is 0 Å². The van der Waals surface area contributed by atoms with Crippen LogP contribution in [0.5, 0.6) is 0 Å². The van der Waals surface area contributed by atoms with Crippen LogP contribution in [0.1, 0.15) is 17.2 Å². The average Bonchev–Trinajstić information content (AvgIpc) is 2.48. The van der Waals surface area contributed by atoms with Gasteiger partial charge in [-0.05, 0) is 17.5 Å². The molecule has 1 amide bonds. The fourth-order valence-corrected chi connectivity index (χ4v) is 3.78. The molecule has 90 valence electrons. The van der Waals surface area contributed by atoms with Crippen molar-refractivity contribution in [2.75, 3.05) is 18.1 Å². The van der Waals surface area contributed by atoms with E-state index in [9.17, 15) is 4.79 Å². The van der Waals surface area contributed by atoms with Crippen LogP contribution in [-0.4, -0.2) is 34.9 Å². The summed E-state index contributed by atoms with van der Waals surface area (Å²) in [6, 6.07) is 8.18. The molecule has 2 aliphatic heterocycles. The summed E-state index contributed by atoms with van der Waals surface area (Å²) in [5, 5.41) is 0. The van der Waals surface area contributed by atoms with E-state index in [1.54, 1.807) is 0 Å². The predicted octanol–water partition coefficient (Wildman–Crippen LogP) is 1.19. The highest BCUT2D eigenvalue weighted by molar-refractivity contribution is 7.99. The van der Waals surface area contributed by atoms with Gasteiger partial charge in [0.05, 0.1) is 12.1 Å². The van der Waals surface area contributed by atoms with Crippen molar-refractivity contribution in [3.05, 3.63) is 35.4 Å². The molecule has 1 aromatic rings. The fraction of sp³-hybridized carbons (Fsp3) is 0.462. The second-order valence-corrected chi connectivity index (χ2v) is 5.78. The summed E-state index contributed by atoms with van der Waals surface area (Å²) >= 11 is 1.92. The number of benzene rings is 1.